The molecule has 1 aromatic carbocycles. The Morgan fingerprint density at radius 3 is 2.04 bits per heavy atom. The summed E-state index contributed by atoms with van der Waals surface area (Å²) in [5.41, 5.74) is 3.34. The van der Waals surface area contributed by atoms with Gasteiger partial charge in [-0.2, -0.15) is 0 Å². The number of hydrogen-bond acceptors (Lipinski definition) is 4. The standard InChI is InChI=1S/C19H31IO4Si/c1-11(2)25(12(3)4,13(5)6)24-10-15-9-14(7)16(19(22)23-8)18(21)17(15)20/h9,11-13,21H,10H2,1-8H3. The first kappa shape index (κ1) is 22.4. The van der Waals surface area contributed by atoms with Crippen LogP contribution < -0.4 is 0 Å². The number of aryl methyl sites for hydroxylation is 1. The van der Waals surface area contributed by atoms with Gasteiger partial charge >= 0.3 is 5.97 Å². The van der Waals surface area contributed by atoms with Crippen LogP contribution in [0.5, 0.6) is 5.75 Å². The van der Waals surface area contributed by atoms with Crippen LogP contribution in [0, 0.1) is 10.5 Å². The number of phenolic OH excluding ortho intramolecular Hbond substituents is 1. The molecule has 0 bridgehead atoms. The van der Waals surface area contributed by atoms with Gasteiger partial charge in [-0.05, 0) is 57.3 Å². The molecule has 0 radical (unpaired) electrons. The number of benzene rings is 1. The van der Waals surface area contributed by atoms with Crippen molar-refractivity contribution in [2.24, 2.45) is 0 Å². The van der Waals surface area contributed by atoms with E-state index in [0.717, 1.165) is 5.56 Å². The molecule has 0 saturated heterocycles. The number of aromatic hydroxyl groups is 1. The molecule has 0 spiro atoms. The van der Waals surface area contributed by atoms with Crippen LogP contribution in [0.1, 0.15) is 63.0 Å². The number of hydrogen-bond donors (Lipinski definition) is 1. The average molecular weight is 478 g/mol. The summed E-state index contributed by atoms with van der Waals surface area (Å²) in [6.45, 7) is 15.8. The summed E-state index contributed by atoms with van der Waals surface area (Å²) in [5, 5.41) is 10.5. The summed E-state index contributed by atoms with van der Waals surface area (Å²) < 4.78 is 12.1. The third kappa shape index (κ3) is 4.39. The first-order valence-corrected chi connectivity index (χ1v) is 12.0. The normalized spacial score (nSPS) is 12.3. The monoisotopic (exact) mass is 478 g/mol. The van der Waals surface area contributed by atoms with E-state index in [1.807, 2.05) is 13.0 Å². The minimum absolute atomic E-state index is 0.0167. The second-order valence-electron chi connectivity index (χ2n) is 7.49. The van der Waals surface area contributed by atoms with E-state index < -0.39 is 14.3 Å². The SMILES string of the molecule is COC(=O)c1c(C)cc(CO[Si](C(C)C)(C(C)C)C(C)C)c(I)c1O. The van der Waals surface area contributed by atoms with Gasteiger partial charge in [0, 0.05) is 0 Å². The van der Waals surface area contributed by atoms with Crippen molar-refractivity contribution in [2.45, 2.75) is 71.7 Å². The minimum Gasteiger partial charge on any atom is -0.506 e. The fraction of sp³-hybridized carbons (Fsp3) is 0.632. The van der Waals surface area contributed by atoms with Crippen molar-refractivity contribution in [3.63, 3.8) is 0 Å². The van der Waals surface area contributed by atoms with Gasteiger partial charge in [0.25, 0.3) is 0 Å². The Hall–Kier alpha value is -0.603. The van der Waals surface area contributed by atoms with Crippen LogP contribution in [0.2, 0.25) is 16.6 Å². The molecule has 0 aliphatic heterocycles. The quantitative estimate of drug-likeness (QED) is 0.307. The molecule has 0 saturated carbocycles. The van der Waals surface area contributed by atoms with Crippen LogP contribution in [-0.4, -0.2) is 26.5 Å². The van der Waals surface area contributed by atoms with Crippen LogP contribution in [0.25, 0.3) is 0 Å². The smallest absolute Gasteiger partial charge is 0.341 e. The Labute approximate surface area is 166 Å². The zero-order valence-electron chi connectivity index (χ0n) is 16.6. The van der Waals surface area contributed by atoms with E-state index in [9.17, 15) is 9.90 Å². The highest BCUT2D eigenvalue weighted by atomic mass is 127. The van der Waals surface area contributed by atoms with Crippen molar-refractivity contribution in [2.75, 3.05) is 7.11 Å². The van der Waals surface area contributed by atoms with Gasteiger partial charge in [-0.3, -0.25) is 0 Å². The topological polar surface area (TPSA) is 55.8 Å². The maximum atomic E-state index is 11.9. The van der Waals surface area contributed by atoms with Crippen LogP contribution >= 0.6 is 22.6 Å². The summed E-state index contributed by atoms with van der Waals surface area (Å²) in [4.78, 5) is 11.9. The number of rotatable bonds is 7. The number of methoxy groups -OCH3 is 1. The lowest BCUT2D eigenvalue weighted by Gasteiger charge is -2.42. The van der Waals surface area contributed by atoms with E-state index in [2.05, 4.69) is 64.1 Å². The van der Waals surface area contributed by atoms with Gasteiger partial charge in [-0.25, -0.2) is 4.79 Å². The minimum atomic E-state index is -1.99. The Balaban J connectivity index is 3.26. The zero-order valence-corrected chi connectivity index (χ0v) is 19.7. The van der Waals surface area contributed by atoms with Crippen molar-refractivity contribution in [3.8, 4) is 5.75 Å². The number of halogens is 1. The molecule has 0 unspecified atom stereocenters. The van der Waals surface area contributed by atoms with Crippen molar-refractivity contribution < 1.29 is 19.1 Å². The third-order valence-electron chi connectivity index (χ3n) is 5.09. The summed E-state index contributed by atoms with van der Waals surface area (Å²) in [6, 6.07) is 1.92. The maximum absolute atomic E-state index is 11.9. The molecule has 0 amide bonds. The molecular formula is C19H31IO4Si. The average Bonchev–Trinajstić information content (AvgIpc) is 2.51. The van der Waals surface area contributed by atoms with Gasteiger partial charge in [0.2, 0.25) is 8.32 Å². The molecule has 0 aromatic heterocycles. The highest BCUT2D eigenvalue weighted by Crippen LogP contribution is 2.43. The molecule has 1 N–H and O–H groups in total. The van der Waals surface area contributed by atoms with Gasteiger partial charge in [0.15, 0.2) is 0 Å². The summed E-state index contributed by atoms with van der Waals surface area (Å²) in [5.74, 6) is -0.535. The fourth-order valence-corrected chi connectivity index (χ4v) is 10.00. The lowest BCUT2D eigenvalue weighted by atomic mass is 10.0. The lowest BCUT2D eigenvalue weighted by Crippen LogP contribution is -2.47. The molecule has 0 atom stereocenters. The van der Waals surface area contributed by atoms with Crippen LogP contribution in [-0.2, 0) is 15.8 Å². The highest BCUT2D eigenvalue weighted by Gasteiger charge is 2.45. The Kier molecular flexibility index (Phi) is 7.95. The van der Waals surface area contributed by atoms with Crippen molar-refractivity contribution >= 4 is 36.9 Å². The third-order valence-corrected chi connectivity index (χ3v) is 12.3. The molecule has 0 heterocycles. The van der Waals surface area contributed by atoms with Gasteiger partial charge in [-0.15, -0.1) is 0 Å². The van der Waals surface area contributed by atoms with Gasteiger partial charge in [-0.1, -0.05) is 47.6 Å². The second kappa shape index (κ2) is 8.86. The van der Waals surface area contributed by atoms with Gasteiger partial charge in [0.05, 0.1) is 17.3 Å². The first-order valence-electron chi connectivity index (χ1n) is 8.73. The molecule has 142 valence electrons. The molecule has 1 aromatic rings. The molecule has 1 rings (SSSR count). The number of carbonyl (C=O) groups is 1. The van der Waals surface area contributed by atoms with E-state index in [1.165, 1.54) is 7.11 Å². The Morgan fingerprint density at radius 1 is 1.16 bits per heavy atom. The maximum Gasteiger partial charge on any atom is 0.341 e. The van der Waals surface area contributed by atoms with E-state index in [0.29, 0.717) is 32.4 Å². The van der Waals surface area contributed by atoms with Gasteiger partial charge in [0.1, 0.15) is 11.3 Å². The van der Waals surface area contributed by atoms with Crippen LogP contribution in [0.4, 0.5) is 0 Å². The predicted molar refractivity (Wildman–Crippen MR) is 113 cm³/mol. The molecule has 0 fully saturated rings. The Bertz CT molecular complexity index is 605. The second-order valence-corrected chi connectivity index (χ2v) is 14.0. The van der Waals surface area contributed by atoms with Crippen LogP contribution in [0.3, 0.4) is 0 Å². The van der Waals surface area contributed by atoms with Crippen molar-refractivity contribution in [3.05, 3.63) is 26.3 Å². The van der Waals surface area contributed by atoms with E-state index >= 15 is 0 Å². The first-order chi connectivity index (χ1) is 11.5. The van der Waals surface area contributed by atoms with Gasteiger partial charge < -0.3 is 14.3 Å². The number of phenols is 1. The summed E-state index contributed by atoms with van der Waals surface area (Å²) >= 11 is 2.08. The van der Waals surface area contributed by atoms with E-state index in [4.69, 9.17) is 9.16 Å². The number of ether oxygens (including phenoxy) is 1. The van der Waals surface area contributed by atoms with Crippen molar-refractivity contribution in [1.82, 2.24) is 0 Å². The molecular weight excluding hydrogens is 447 g/mol. The highest BCUT2D eigenvalue weighted by molar-refractivity contribution is 14.1. The summed E-state index contributed by atoms with van der Waals surface area (Å²) in [6.07, 6.45) is 0. The zero-order chi connectivity index (χ0) is 19.5. The molecule has 0 aliphatic carbocycles. The fourth-order valence-electron chi connectivity index (χ4n) is 4.01. The number of esters is 1. The lowest BCUT2D eigenvalue weighted by molar-refractivity contribution is 0.0596. The molecule has 0 aliphatic rings. The predicted octanol–water partition coefficient (Wildman–Crippen LogP) is 5.78. The Morgan fingerprint density at radius 2 is 1.64 bits per heavy atom. The van der Waals surface area contributed by atoms with E-state index in [-0.39, 0.29) is 11.3 Å². The summed E-state index contributed by atoms with van der Waals surface area (Å²) in [7, 11) is -0.669. The van der Waals surface area contributed by atoms with Crippen LogP contribution in [0.15, 0.2) is 6.07 Å². The molecule has 25 heavy (non-hydrogen) atoms. The van der Waals surface area contributed by atoms with E-state index in [1.54, 1.807) is 0 Å². The molecule has 4 nitrogen and oxygen atoms in total. The van der Waals surface area contributed by atoms with Crippen molar-refractivity contribution in [1.29, 1.82) is 0 Å². The number of carbonyl (C=O) groups excluding carboxylic acids is 1. The largest absolute Gasteiger partial charge is 0.506 e. The molecule has 6 heteroatoms.